The standard InChI is InChI=1S/C22H24BrClN6O3S2/c1-14(31)25-22-26-17(13-30-10-8-29(2)9-11-30)20(34-22)19-16(12-18(24)27-21(19)23)28-35(32,33)15-6-4-3-5-7-15/h3-7,12H,8-11,13H2,1-2H3,(H,27,28)(H,25,26,31). The minimum absolute atomic E-state index is 0.121. The first-order valence-electron chi connectivity index (χ1n) is 10.7. The quantitative estimate of drug-likeness (QED) is 0.393. The van der Waals surface area contributed by atoms with Gasteiger partial charge in [0.2, 0.25) is 5.91 Å². The molecule has 0 radical (unpaired) electrons. The lowest BCUT2D eigenvalue weighted by molar-refractivity contribution is -0.114. The lowest BCUT2D eigenvalue weighted by atomic mass is 10.1. The molecule has 9 nitrogen and oxygen atoms in total. The Hall–Kier alpha value is -2.09. The molecule has 1 aliphatic heterocycles. The normalized spacial score (nSPS) is 15.2. The van der Waals surface area contributed by atoms with Crippen LogP contribution in [-0.2, 0) is 21.4 Å². The molecule has 35 heavy (non-hydrogen) atoms. The number of sulfonamides is 1. The number of rotatable bonds is 7. The molecule has 1 saturated heterocycles. The summed E-state index contributed by atoms with van der Waals surface area (Å²) in [5, 5.41) is 3.30. The van der Waals surface area contributed by atoms with Gasteiger partial charge in [0.15, 0.2) is 5.13 Å². The van der Waals surface area contributed by atoms with Crippen LogP contribution in [0.2, 0.25) is 5.15 Å². The maximum Gasteiger partial charge on any atom is 0.261 e. The van der Waals surface area contributed by atoms with Gasteiger partial charge in [0.05, 0.1) is 26.7 Å². The number of hydrogen-bond donors (Lipinski definition) is 2. The predicted octanol–water partition coefficient (Wildman–Crippen LogP) is 4.13. The van der Waals surface area contributed by atoms with Crippen molar-refractivity contribution in [2.75, 3.05) is 43.3 Å². The maximum atomic E-state index is 13.1. The number of pyridine rings is 1. The predicted molar refractivity (Wildman–Crippen MR) is 142 cm³/mol. The number of halogens is 2. The summed E-state index contributed by atoms with van der Waals surface area (Å²) in [6.07, 6.45) is 0. The molecule has 2 N–H and O–H groups in total. The van der Waals surface area contributed by atoms with E-state index in [0.29, 0.717) is 32.4 Å². The van der Waals surface area contributed by atoms with Gasteiger partial charge < -0.3 is 10.2 Å². The van der Waals surface area contributed by atoms with Crippen LogP contribution in [0.5, 0.6) is 0 Å². The number of likely N-dealkylation sites (N-methyl/N-ethyl adjacent to an activating group) is 1. The van der Waals surface area contributed by atoms with Crippen LogP contribution in [0.15, 0.2) is 45.9 Å². The number of benzene rings is 1. The van der Waals surface area contributed by atoms with Gasteiger partial charge in [0, 0.05) is 45.7 Å². The molecule has 4 rings (SSSR count). The number of piperazine rings is 1. The summed E-state index contributed by atoms with van der Waals surface area (Å²) < 4.78 is 29.3. The second-order valence-electron chi connectivity index (χ2n) is 8.13. The molecule has 1 aliphatic rings. The Balaban J connectivity index is 1.78. The topological polar surface area (TPSA) is 108 Å². The van der Waals surface area contributed by atoms with Gasteiger partial charge in [-0.1, -0.05) is 41.1 Å². The van der Waals surface area contributed by atoms with Crippen LogP contribution in [0, 0.1) is 0 Å². The number of amides is 1. The highest BCUT2D eigenvalue weighted by atomic mass is 79.9. The fourth-order valence-electron chi connectivity index (χ4n) is 3.66. The highest BCUT2D eigenvalue weighted by Crippen LogP contribution is 2.43. The van der Waals surface area contributed by atoms with Gasteiger partial charge in [0.25, 0.3) is 10.0 Å². The molecule has 0 aliphatic carbocycles. The second kappa shape index (κ2) is 10.9. The Morgan fingerprint density at radius 3 is 2.51 bits per heavy atom. The van der Waals surface area contributed by atoms with E-state index in [1.165, 1.54) is 36.5 Å². The van der Waals surface area contributed by atoms with Crippen molar-refractivity contribution < 1.29 is 13.2 Å². The fourth-order valence-corrected chi connectivity index (χ4v) is 6.85. The third-order valence-corrected chi connectivity index (χ3v) is 8.60. The largest absolute Gasteiger partial charge is 0.304 e. The molecule has 3 aromatic rings. The minimum Gasteiger partial charge on any atom is -0.304 e. The van der Waals surface area contributed by atoms with Gasteiger partial charge in [-0.15, -0.1) is 0 Å². The molecule has 1 amide bonds. The Morgan fingerprint density at radius 2 is 1.86 bits per heavy atom. The van der Waals surface area contributed by atoms with Crippen molar-refractivity contribution in [3.63, 3.8) is 0 Å². The van der Waals surface area contributed by atoms with Gasteiger partial charge in [0.1, 0.15) is 9.76 Å². The fraction of sp³-hybridized carbons (Fsp3) is 0.318. The zero-order valence-corrected chi connectivity index (χ0v) is 23.1. The molecule has 3 heterocycles. The zero-order chi connectivity index (χ0) is 25.2. The van der Waals surface area contributed by atoms with E-state index >= 15 is 0 Å². The number of hydrogen-bond acceptors (Lipinski definition) is 8. The molecule has 0 unspecified atom stereocenters. The molecule has 13 heteroatoms. The van der Waals surface area contributed by atoms with Crippen molar-refractivity contribution in [1.82, 2.24) is 19.8 Å². The molecule has 186 valence electrons. The second-order valence-corrected chi connectivity index (χ2v) is 12.0. The summed E-state index contributed by atoms with van der Waals surface area (Å²) in [6.45, 7) is 5.57. The smallest absolute Gasteiger partial charge is 0.261 e. The first-order chi connectivity index (χ1) is 16.6. The molecule has 1 fully saturated rings. The van der Waals surface area contributed by atoms with Crippen molar-refractivity contribution in [3.05, 3.63) is 51.8 Å². The number of nitrogens with zero attached hydrogens (tertiary/aromatic N) is 4. The first-order valence-corrected chi connectivity index (χ1v) is 14.2. The third-order valence-electron chi connectivity index (χ3n) is 5.42. The van der Waals surface area contributed by atoms with Gasteiger partial charge in [-0.25, -0.2) is 18.4 Å². The Bertz CT molecular complexity index is 1330. The number of thiazole rings is 1. The third kappa shape index (κ3) is 6.38. The van der Waals surface area contributed by atoms with Gasteiger partial charge in [-0.3, -0.25) is 14.4 Å². The highest BCUT2D eigenvalue weighted by Gasteiger charge is 2.26. The molecule has 0 atom stereocenters. The summed E-state index contributed by atoms with van der Waals surface area (Å²) in [6, 6.07) is 9.56. The van der Waals surface area contributed by atoms with Crippen LogP contribution in [0.25, 0.3) is 10.4 Å². The van der Waals surface area contributed by atoms with E-state index in [1.807, 2.05) is 0 Å². The Labute approximate surface area is 221 Å². The number of nitrogens with one attached hydrogen (secondary N) is 2. The van der Waals surface area contributed by atoms with Crippen LogP contribution in [0.4, 0.5) is 10.8 Å². The first kappa shape index (κ1) is 26.0. The van der Waals surface area contributed by atoms with Crippen LogP contribution in [-0.4, -0.2) is 67.3 Å². The van der Waals surface area contributed by atoms with E-state index in [9.17, 15) is 13.2 Å². The van der Waals surface area contributed by atoms with Crippen molar-refractivity contribution in [2.24, 2.45) is 0 Å². The Morgan fingerprint density at radius 1 is 1.17 bits per heavy atom. The summed E-state index contributed by atoms with van der Waals surface area (Å²) in [4.78, 5) is 26.1. The maximum absolute atomic E-state index is 13.1. The molecule has 0 spiro atoms. The lowest BCUT2D eigenvalue weighted by Crippen LogP contribution is -2.44. The lowest BCUT2D eigenvalue weighted by Gasteiger charge is -2.32. The summed E-state index contributed by atoms with van der Waals surface area (Å²) in [5.41, 5.74) is 1.49. The van der Waals surface area contributed by atoms with Crippen LogP contribution in [0.1, 0.15) is 12.6 Å². The summed E-state index contributed by atoms with van der Waals surface area (Å²) in [5.74, 6) is -0.241. The van der Waals surface area contributed by atoms with Crippen molar-refractivity contribution in [1.29, 1.82) is 0 Å². The number of aromatic nitrogens is 2. The molecule has 1 aromatic carbocycles. The zero-order valence-electron chi connectivity index (χ0n) is 19.1. The molecule has 2 aromatic heterocycles. The minimum atomic E-state index is -3.89. The van der Waals surface area contributed by atoms with Crippen LogP contribution in [0.3, 0.4) is 0 Å². The SMILES string of the molecule is CC(=O)Nc1nc(CN2CCN(C)CC2)c(-c2c(NS(=O)(=O)c3ccccc3)cc(Cl)nc2Br)s1. The summed E-state index contributed by atoms with van der Waals surface area (Å²) in [7, 11) is -1.81. The Kier molecular flexibility index (Phi) is 8.09. The van der Waals surface area contributed by atoms with E-state index < -0.39 is 10.0 Å². The average Bonchev–Trinajstić information content (AvgIpc) is 3.16. The molecular formula is C22H24BrClN6O3S2. The van der Waals surface area contributed by atoms with Crippen molar-refractivity contribution >= 4 is 65.6 Å². The van der Waals surface area contributed by atoms with Gasteiger partial charge in [-0.2, -0.15) is 0 Å². The van der Waals surface area contributed by atoms with Crippen molar-refractivity contribution in [3.8, 4) is 10.4 Å². The number of anilines is 2. The van der Waals surface area contributed by atoms with Crippen LogP contribution >= 0.6 is 38.9 Å². The van der Waals surface area contributed by atoms with Crippen molar-refractivity contribution in [2.45, 2.75) is 18.4 Å². The monoisotopic (exact) mass is 598 g/mol. The highest BCUT2D eigenvalue weighted by molar-refractivity contribution is 9.10. The van der Waals surface area contributed by atoms with E-state index in [-0.39, 0.29) is 21.6 Å². The van der Waals surface area contributed by atoms with E-state index in [4.69, 9.17) is 11.6 Å². The number of carbonyl (C=O) groups is 1. The van der Waals surface area contributed by atoms with E-state index in [2.05, 4.69) is 52.8 Å². The molecule has 0 saturated carbocycles. The van der Waals surface area contributed by atoms with E-state index in [1.54, 1.807) is 18.2 Å². The average molecular weight is 600 g/mol. The summed E-state index contributed by atoms with van der Waals surface area (Å²) >= 11 is 10.9. The number of carbonyl (C=O) groups excluding carboxylic acids is 1. The molecular weight excluding hydrogens is 576 g/mol. The van der Waals surface area contributed by atoms with Gasteiger partial charge >= 0.3 is 0 Å². The van der Waals surface area contributed by atoms with Gasteiger partial charge in [-0.05, 0) is 35.1 Å². The molecule has 0 bridgehead atoms. The van der Waals surface area contributed by atoms with Crippen LogP contribution < -0.4 is 10.0 Å². The van der Waals surface area contributed by atoms with E-state index in [0.717, 1.165) is 26.2 Å².